The highest BCUT2D eigenvalue weighted by atomic mass is 127. The van der Waals surface area contributed by atoms with Crippen molar-refractivity contribution in [1.82, 2.24) is 37.2 Å². The number of benzene rings is 1. The second-order valence-electron chi connectivity index (χ2n) is 23.7. The number of carboxylic acids is 1. The van der Waals surface area contributed by atoms with Gasteiger partial charge in [0, 0.05) is 48.9 Å². The van der Waals surface area contributed by atoms with Crippen molar-refractivity contribution in [3.63, 3.8) is 0 Å². The number of aliphatic carboxylic acids is 1. The Kier molecular flexibility index (Phi) is 34.7. The second-order valence-corrected chi connectivity index (χ2v) is 24.9. The predicted octanol–water partition coefficient (Wildman–Crippen LogP) is 4.15. The molecule has 9 N–H and O–H groups in total. The van der Waals surface area contributed by atoms with E-state index >= 15 is 0 Å². The van der Waals surface area contributed by atoms with Crippen LogP contribution in [0.3, 0.4) is 0 Å². The van der Waals surface area contributed by atoms with Gasteiger partial charge in [-0.05, 0) is 175 Å². The monoisotopic (exact) mass is 1290 g/mol. The van der Waals surface area contributed by atoms with Gasteiger partial charge in [0.2, 0.25) is 35.4 Å². The summed E-state index contributed by atoms with van der Waals surface area (Å²) in [5.41, 5.74) is -2.13. The number of aliphatic hydroxyl groups is 1. The van der Waals surface area contributed by atoms with Crippen LogP contribution < -0.4 is 37.2 Å². The number of aliphatic hydroxyl groups excluding tert-OH is 1. The number of amides is 7. The number of hydrogen-bond acceptors (Lipinski definition) is 17. The number of unbranched alkanes of at least 4 members (excludes halogenated alkanes) is 1. The third-order valence-corrected chi connectivity index (χ3v) is 11.8. The number of alkyl carbamates (subject to hydrolysis) is 1. The lowest BCUT2D eigenvalue weighted by molar-refractivity contribution is -0.169. The van der Waals surface area contributed by atoms with Crippen molar-refractivity contribution in [2.24, 2.45) is 0 Å². The molecular weight excluding hydrogens is 1200 g/mol. The maximum absolute atomic E-state index is 14.1. The Labute approximate surface area is 502 Å². The molecular formula is C57H94IN7O18. The second kappa shape index (κ2) is 38.3. The summed E-state index contributed by atoms with van der Waals surface area (Å²) < 4.78 is 33.9. The average Bonchev–Trinajstić information content (AvgIpc) is 3.34. The Morgan fingerprint density at radius 3 is 1.51 bits per heavy atom. The van der Waals surface area contributed by atoms with Crippen LogP contribution in [-0.4, -0.2) is 169 Å². The molecule has 1 unspecified atom stereocenters. The number of hydrogen-bond donors (Lipinski definition) is 9. The maximum Gasteiger partial charge on any atom is 0.407 e. The zero-order chi connectivity index (χ0) is 63.0. The predicted molar refractivity (Wildman–Crippen MR) is 314 cm³/mol. The van der Waals surface area contributed by atoms with Gasteiger partial charge in [-0.3, -0.25) is 43.2 Å². The number of rotatable bonds is 38. The molecule has 0 fully saturated rings. The fourth-order valence-corrected chi connectivity index (χ4v) is 7.82. The van der Waals surface area contributed by atoms with Crippen molar-refractivity contribution < 1.29 is 86.6 Å². The van der Waals surface area contributed by atoms with Gasteiger partial charge in [0.15, 0.2) is 6.29 Å². The molecule has 83 heavy (non-hydrogen) atoms. The first kappa shape index (κ1) is 75.3. The lowest BCUT2D eigenvalue weighted by Crippen LogP contribution is -2.57. The molecule has 0 radical (unpaired) electrons. The van der Waals surface area contributed by atoms with Crippen LogP contribution in [0.4, 0.5) is 4.79 Å². The molecule has 0 spiro atoms. The van der Waals surface area contributed by atoms with Crippen LogP contribution in [0.2, 0.25) is 0 Å². The van der Waals surface area contributed by atoms with E-state index in [-0.39, 0.29) is 77.3 Å². The summed E-state index contributed by atoms with van der Waals surface area (Å²) in [6, 6.07) is 2.74. The van der Waals surface area contributed by atoms with Gasteiger partial charge < -0.3 is 75.9 Å². The summed E-state index contributed by atoms with van der Waals surface area (Å²) in [4.78, 5) is 130. The molecule has 25 nitrogen and oxygen atoms in total. The van der Waals surface area contributed by atoms with Gasteiger partial charge in [-0.25, -0.2) is 4.79 Å². The number of carbonyl (C=O) groups is 10. The highest BCUT2D eigenvalue weighted by Crippen LogP contribution is 2.17. The van der Waals surface area contributed by atoms with E-state index < -0.39 is 126 Å². The molecule has 0 heterocycles. The van der Waals surface area contributed by atoms with E-state index in [0.29, 0.717) is 38.6 Å². The third kappa shape index (κ3) is 40.2. The van der Waals surface area contributed by atoms with Crippen molar-refractivity contribution in [2.75, 3.05) is 46.1 Å². The maximum atomic E-state index is 14.1. The molecule has 1 rings (SSSR count). The third-order valence-electron chi connectivity index (χ3n) is 11.0. The van der Waals surface area contributed by atoms with Crippen molar-refractivity contribution >= 4 is 82.0 Å². The molecule has 0 aliphatic carbocycles. The molecule has 0 aliphatic heterocycles. The Morgan fingerprint density at radius 1 is 0.482 bits per heavy atom. The Bertz CT molecular complexity index is 2220. The zero-order valence-electron chi connectivity index (χ0n) is 50.6. The van der Waals surface area contributed by atoms with Crippen molar-refractivity contribution in [2.45, 2.75) is 219 Å². The SMILES string of the molecule is CC(C)(C)OC(=O)CC[C@@H](NC(=O)[C@@H](CCC(=O)OC(C)(C)C)NC(=O)[C@@H](CCC(O)OC(C)(C)C)NC(=O)COCCOCCNC(=O)[C@H](CCCCNC(=O)OC(C)(C)C)NC(=O)CCCc1ccc(I)cc1)C(=O)NCCC(=O)O. The topological polar surface area (TPSA) is 351 Å². The number of carboxylic acid groups (broad SMARTS) is 1. The normalized spacial score (nSPS) is 13.6. The average molecular weight is 1290 g/mol. The molecule has 26 heteroatoms. The molecule has 7 amide bonds. The minimum atomic E-state index is -1.55. The minimum absolute atomic E-state index is 0.0143. The molecule has 0 saturated heterocycles. The number of ether oxygens (including phenoxy) is 6. The van der Waals surface area contributed by atoms with Crippen molar-refractivity contribution in [3.8, 4) is 0 Å². The smallest absolute Gasteiger partial charge is 0.407 e. The summed E-state index contributed by atoms with van der Waals surface area (Å²) >= 11 is 2.23. The van der Waals surface area contributed by atoms with E-state index in [0.717, 1.165) is 9.13 Å². The van der Waals surface area contributed by atoms with E-state index in [9.17, 15) is 53.1 Å². The fraction of sp³-hybridized carbons (Fsp3) is 0.719. The van der Waals surface area contributed by atoms with Crippen molar-refractivity contribution in [1.29, 1.82) is 0 Å². The quantitative estimate of drug-likeness (QED) is 0.0148. The van der Waals surface area contributed by atoms with Gasteiger partial charge in [0.05, 0.1) is 31.8 Å². The van der Waals surface area contributed by atoms with E-state index in [2.05, 4.69) is 59.8 Å². The van der Waals surface area contributed by atoms with E-state index in [1.807, 2.05) is 24.3 Å². The summed E-state index contributed by atoms with van der Waals surface area (Å²) in [7, 11) is 0. The van der Waals surface area contributed by atoms with Gasteiger partial charge >= 0.3 is 24.0 Å². The van der Waals surface area contributed by atoms with Crippen LogP contribution in [0.25, 0.3) is 0 Å². The van der Waals surface area contributed by atoms with E-state index in [1.165, 1.54) is 0 Å². The first-order chi connectivity index (χ1) is 38.5. The highest BCUT2D eigenvalue weighted by molar-refractivity contribution is 14.1. The van der Waals surface area contributed by atoms with Crippen LogP contribution in [-0.2, 0) is 78.0 Å². The van der Waals surface area contributed by atoms with Gasteiger partial charge in [-0.2, -0.15) is 0 Å². The highest BCUT2D eigenvalue weighted by Gasteiger charge is 2.33. The first-order valence-electron chi connectivity index (χ1n) is 28.1. The van der Waals surface area contributed by atoms with Crippen LogP contribution in [0.15, 0.2) is 24.3 Å². The largest absolute Gasteiger partial charge is 0.481 e. The fourth-order valence-electron chi connectivity index (χ4n) is 7.46. The lowest BCUT2D eigenvalue weighted by atomic mass is 10.0. The summed E-state index contributed by atoms with van der Waals surface area (Å²) in [6.07, 6.45) is -1.37. The van der Waals surface area contributed by atoms with Crippen molar-refractivity contribution in [3.05, 3.63) is 33.4 Å². The lowest BCUT2D eigenvalue weighted by Gasteiger charge is -2.27. The number of nitrogens with one attached hydrogen (secondary N) is 7. The molecule has 0 aromatic heterocycles. The van der Waals surface area contributed by atoms with Crippen LogP contribution in [0, 0.1) is 3.57 Å². The standard InChI is InChI=1S/C57H94IN7O18/c1-54(2,3)80-46(70)26-23-40(50(74)59-31-29-45(68)69)64-52(76)42(25-28-48(72)82-56(7,8)9)65-51(75)41(24-27-47(71)81-55(4,5)6)63-44(67)36-79-35-34-78-33-32-60-49(73)39(17-13-14-30-61-53(77)83-57(10,11)12)62-43(66)18-15-16-37-19-21-38(58)22-20-37/h19-22,39-42,47,71H,13-18,23-36H2,1-12H3,(H,59,74)(H,60,73)(H,61,77)(H,62,66)(H,63,67)(H,64,76)(H,65,75)(H,68,69)/t39-,40+,41+,42+,47?/m0/s1. The minimum Gasteiger partial charge on any atom is -0.481 e. The Morgan fingerprint density at radius 2 is 0.976 bits per heavy atom. The molecule has 472 valence electrons. The molecule has 0 aliphatic rings. The first-order valence-corrected chi connectivity index (χ1v) is 29.2. The van der Waals surface area contributed by atoms with Crippen LogP contribution in [0.5, 0.6) is 0 Å². The number of halogens is 1. The van der Waals surface area contributed by atoms with Crippen LogP contribution >= 0.6 is 22.6 Å². The summed E-state index contributed by atoms with van der Waals surface area (Å²) in [6.45, 7) is 19.7. The van der Waals surface area contributed by atoms with Gasteiger partial charge in [-0.1, -0.05) is 12.1 Å². The molecule has 1 aromatic rings. The Balaban J connectivity index is 3.07. The molecule has 0 saturated carbocycles. The number of aryl methyl sites for hydroxylation is 1. The van der Waals surface area contributed by atoms with Gasteiger partial charge in [0.25, 0.3) is 0 Å². The molecule has 5 atom stereocenters. The molecule has 0 bridgehead atoms. The number of carbonyl (C=O) groups excluding carboxylic acids is 9. The summed E-state index contributed by atoms with van der Waals surface area (Å²) in [5, 5.41) is 38.1. The Hall–Kier alpha value is -5.71. The number of esters is 2. The molecule has 1 aromatic carbocycles. The zero-order valence-corrected chi connectivity index (χ0v) is 52.8. The van der Waals surface area contributed by atoms with Gasteiger partial charge in [-0.15, -0.1) is 0 Å². The summed E-state index contributed by atoms with van der Waals surface area (Å²) in [5.74, 6) is -6.82. The van der Waals surface area contributed by atoms with E-state index in [1.54, 1.807) is 83.1 Å². The van der Waals surface area contributed by atoms with Gasteiger partial charge in [0.1, 0.15) is 47.6 Å². The van der Waals surface area contributed by atoms with E-state index in [4.69, 9.17) is 33.5 Å². The van der Waals surface area contributed by atoms with Crippen LogP contribution in [0.1, 0.15) is 166 Å².